The number of nitrogen functional groups attached to an aromatic ring is 1. The van der Waals surface area contributed by atoms with Crippen molar-refractivity contribution >= 4 is 17.3 Å². The monoisotopic (exact) mass is 265 g/mol. The van der Waals surface area contributed by atoms with Crippen LogP contribution in [0.4, 0.5) is 11.4 Å². The van der Waals surface area contributed by atoms with Crippen molar-refractivity contribution in [1.29, 1.82) is 0 Å². The Morgan fingerprint density at radius 3 is 3.00 bits per heavy atom. The van der Waals surface area contributed by atoms with Gasteiger partial charge in [-0.1, -0.05) is 0 Å². The van der Waals surface area contributed by atoms with Gasteiger partial charge in [-0.2, -0.15) is 0 Å². The van der Waals surface area contributed by atoms with Crippen LogP contribution in [0.5, 0.6) is 5.75 Å². The molecule has 2 rings (SSSR count). The SMILES string of the molecule is CCOc1cc(N)cc(N2CCOCC2C(N)=O)c1. The Hall–Kier alpha value is -1.95. The lowest BCUT2D eigenvalue weighted by Crippen LogP contribution is -2.52. The van der Waals surface area contributed by atoms with E-state index in [4.69, 9.17) is 20.9 Å². The summed E-state index contributed by atoms with van der Waals surface area (Å²) in [5, 5.41) is 0. The molecule has 1 fully saturated rings. The van der Waals surface area contributed by atoms with Crippen molar-refractivity contribution in [3.63, 3.8) is 0 Å². The Labute approximate surface area is 112 Å². The van der Waals surface area contributed by atoms with Gasteiger partial charge in [-0.25, -0.2) is 0 Å². The van der Waals surface area contributed by atoms with Gasteiger partial charge in [-0.3, -0.25) is 4.79 Å². The highest BCUT2D eigenvalue weighted by molar-refractivity contribution is 5.84. The van der Waals surface area contributed by atoms with Crippen molar-refractivity contribution in [2.45, 2.75) is 13.0 Å². The molecule has 1 aromatic rings. The highest BCUT2D eigenvalue weighted by atomic mass is 16.5. The second-order valence-electron chi connectivity index (χ2n) is 4.38. The summed E-state index contributed by atoms with van der Waals surface area (Å²) in [6.45, 7) is 3.92. The number of anilines is 2. The first-order valence-electron chi connectivity index (χ1n) is 6.29. The van der Waals surface area contributed by atoms with Gasteiger partial charge < -0.3 is 25.8 Å². The van der Waals surface area contributed by atoms with Crippen molar-refractivity contribution in [2.75, 3.05) is 37.0 Å². The van der Waals surface area contributed by atoms with Crippen LogP contribution in [0.3, 0.4) is 0 Å². The van der Waals surface area contributed by atoms with Crippen molar-refractivity contribution in [2.24, 2.45) is 5.73 Å². The van der Waals surface area contributed by atoms with Crippen LogP contribution in [-0.2, 0) is 9.53 Å². The van der Waals surface area contributed by atoms with E-state index in [-0.39, 0.29) is 0 Å². The van der Waals surface area contributed by atoms with E-state index in [1.54, 1.807) is 6.07 Å². The number of primary amides is 1. The van der Waals surface area contributed by atoms with Crippen molar-refractivity contribution in [1.82, 2.24) is 0 Å². The quantitative estimate of drug-likeness (QED) is 0.767. The van der Waals surface area contributed by atoms with Crippen LogP contribution in [0.1, 0.15) is 6.92 Å². The summed E-state index contributed by atoms with van der Waals surface area (Å²) in [5.74, 6) is 0.285. The molecular formula is C13H19N3O3. The van der Waals surface area contributed by atoms with Crippen molar-refractivity contribution < 1.29 is 14.3 Å². The molecule has 104 valence electrons. The second kappa shape index (κ2) is 5.79. The van der Waals surface area contributed by atoms with E-state index in [1.165, 1.54) is 0 Å². The lowest BCUT2D eigenvalue weighted by Gasteiger charge is -2.35. The molecule has 1 aromatic carbocycles. The first kappa shape index (κ1) is 13.5. The molecule has 1 heterocycles. The standard InChI is InChI=1S/C13H19N3O3/c1-2-19-11-6-9(14)5-10(7-11)16-3-4-18-8-12(16)13(15)17/h5-7,12H,2-4,8,14H2,1H3,(H2,15,17). The van der Waals surface area contributed by atoms with Gasteiger partial charge in [0.15, 0.2) is 0 Å². The molecule has 6 nitrogen and oxygen atoms in total. The van der Waals surface area contributed by atoms with E-state index in [0.29, 0.717) is 37.8 Å². The van der Waals surface area contributed by atoms with E-state index in [2.05, 4.69) is 0 Å². The van der Waals surface area contributed by atoms with Gasteiger partial charge in [0.2, 0.25) is 5.91 Å². The maximum absolute atomic E-state index is 11.5. The first-order chi connectivity index (χ1) is 9.11. The van der Waals surface area contributed by atoms with Crippen LogP contribution in [0, 0.1) is 0 Å². The zero-order chi connectivity index (χ0) is 13.8. The second-order valence-corrected chi connectivity index (χ2v) is 4.38. The van der Waals surface area contributed by atoms with E-state index < -0.39 is 11.9 Å². The molecule has 4 N–H and O–H groups in total. The van der Waals surface area contributed by atoms with Gasteiger partial charge in [0.25, 0.3) is 0 Å². The topological polar surface area (TPSA) is 90.8 Å². The van der Waals surface area contributed by atoms with E-state index in [0.717, 1.165) is 5.69 Å². The van der Waals surface area contributed by atoms with Crippen LogP contribution < -0.4 is 21.1 Å². The molecule has 1 saturated heterocycles. The number of hydrogen-bond acceptors (Lipinski definition) is 5. The van der Waals surface area contributed by atoms with E-state index in [9.17, 15) is 4.79 Å². The normalized spacial score (nSPS) is 19.2. The minimum Gasteiger partial charge on any atom is -0.494 e. The molecule has 0 spiro atoms. The summed E-state index contributed by atoms with van der Waals surface area (Å²) in [6.07, 6.45) is 0. The molecule has 0 aromatic heterocycles. The number of amides is 1. The molecule has 0 aliphatic carbocycles. The minimum absolute atomic E-state index is 0.300. The van der Waals surface area contributed by atoms with Crippen LogP contribution in [-0.4, -0.2) is 38.3 Å². The largest absolute Gasteiger partial charge is 0.494 e. The number of hydrogen-bond donors (Lipinski definition) is 2. The Bertz CT molecular complexity index is 464. The van der Waals surface area contributed by atoms with Crippen molar-refractivity contribution in [3.05, 3.63) is 18.2 Å². The molecule has 0 saturated carbocycles. The predicted molar refractivity (Wildman–Crippen MR) is 73.2 cm³/mol. The van der Waals surface area contributed by atoms with Gasteiger partial charge in [0, 0.05) is 30.1 Å². The Morgan fingerprint density at radius 2 is 2.32 bits per heavy atom. The summed E-state index contributed by atoms with van der Waals surface area (Å²) >= 11 is 0. The van der Waals surface area contributed by atoms with Gasteiger partial charge in [0.05, 0.1) is 19.8 Å². The van der Waals surface area contributed by atoms with E-state index in [1.807, 2.05) is 24.0 Å². The van der Waals surface area contributed by atoms with Crippen LogP contribution in [0.25, 0.3) is 0 Å². The molecule has 1 aliphatic heterocycles. The molecule has 1 atom stereocenters. The number of rotatable bonds is 4. The zero-order valence-electron chi connectivity index (χ0n) is 11.0. The molecule has 1 aliphatic rings. The predicted octanol–water partition coefficient (Wildman–Crippen LogP) is 0.358. The number of carbonyl (C=O) groups excluding carboxylic acids is 1. The third-order valence-corrected chi connectivity index (χ3v) is 3.01. The summed E-state index contributed by atoms with van der Waals surface area (Å²) in [4.78, 5) is 13.4. The van der Waals surface area contributed by atoms with Gasteiger partial charge in [-0.05, 0) is 13.0 Å². The Kier molecular flexibility index (Phi) is 4.11. The number of nitrogens with two attached hydrogens (primary N) is 2. The maximum Gasteiger partial charge on any atom is 0.242 e. The highest BCUT2D eigenvalue weighted by Crippen LogP contribution is 2.28. The molecule has 0 bridgehead atoms. The summed E-state index contributed by atoms with van der Waals surface area (Å²) in [7, 11) is 0. The maximum atomic E-state index is 11.5. The first-order valence-corrected chi connectivity index (χ1v) is 6.29. The van der Waals surface area contributed by atoms with Crippen LogP contribution in [0.2, 0.25) is 0 Å². The van der Waals surface area contributed by atoms with Crippen LogP contribution >= 0.6 is 0 Å². The van der Waals surface area contributed by atoms with E-state index >= 15 is 0 Å². The fraction of sp³-hybridized carbons (Fsp3) is 0.462. The summed E-state index contributed by atoms with van der Waals surface area (Å²) in [5.41, 5.74) is 12.7. The molecule has 6 heteroatoms. The van der Waals surface area contributed by atoms with Crippen LogP contribution in [0.15, 0.2) is 18.2 Å². The molecule has 0 radical (unpaired) electrons. The Balaban J connectivity index is 2.30. The lowest BCUT2D eigenvalue weighted by molar-refractivity contribution is -0.121. The molecule has 1 amide bonds. The molecule has 1 unspecified atom stereocenters. The number of benzene rings is 1. The third-order valence-electron chi connectivity index (χ3n) is 3.01. The number of morpholine rings is 1. The minimum atomic E-state index is -0.468. The van der Waals surface area contributed by atoms with Gasteiger partial charge in [-0.15, -0.1) is 0 Å². The summed E-state index contributed by atoms with van der Waals surface area (Å²) in [6, 6.07) is 4.96. The molecular weight excluding hydrogens is 246 g/mol. The highest BCUT2D eigenvalue weighted by Gasteiger charge is 2.28. The van der Waals surface area contributed by atoms with Crippen molar-refractivity contribution in [3.8, 4) is 5.75 Å². The fourth-order valence-corrected chi connectivity index (χ4v) is 2.17. The average Bonchev–Trinajstić information content (AvgIpc) is 2.38. The average molecular weight is 265 g/mol. The number of ether oxygens (including phenoxy) is 2. The summed E-state index contributed by atoms with van der Waals surface area (Å²) < 4.78 is 10.8. The lowest BCUT2D eigenvalue weighted by atomic mass is 10.1. The van der Waals surface area contributed by atoms with Gasteiger partial charge >= 0.3 is 0 Å². The smallest absolute Gasteiger partial charge is 0.242 e. The fourth-order valence-electron chi connectivity index (χ4n) is 2.17. The zero-order valence-corrected chi connectivity index (χ0v) is 11.0. The molecule has 19 heavy (non-hydrogen) atoms. The number of carbonyl (C=O) groups is 1. The Morgan fingerprint density at radius 1 is 1.53 bits per heavy atom. The third kappa shape index (κ3) is 3.08. The van der Waals surface area contributed by atoms with Gasteiger partial charge in [0.1, 0.15) is 11.8 Å². The number of nitrogens with zero attached hydrogens (tertiary/aromatic N) is 1.